The van der Waals surface area contributed by atoms with Crippen LogP contribution in [0, 0.1) is 12.8 Å². The summed E-state index contributed by atoms with van der Waals surface area (Å²) >= 11 is 0. The van der Waals surface area contributed by atoms with E-state index in [-0.39, 0.29) is 17.8 Å². The molecule has 1 aromatic carbocycles. The summed E-state index contributed by atoms with van der Waals surface area (Å²) in [7, 11) is 1.46. The van der Waals surface area contributed by atoms with E-state index in [1.807, 2.05) is 0 Å². The molecule has 0 unspecified atom stereocenters. The van der Waals surface area contributed by atoms with Crippen molar-refractivity contribution in [2.24, 2.45) is 5.92 Å². The molecule has 1 N–H and O–H groups in total. The van der Waals surface area contributed by atoms with Crippen LogP contribution in [0.1, 0.15) is 23.5 Å². The summed E-state index contributed by atoms with van der Waals surface area (Å²) < 4.78 is 4.89. The van der Waals surface area contributed by atoms with Gasteiger partial charge in [0.1, 0.15) is 0 Å². The Balaban J connectivity index is 2.24. The molecule has 0 aliphatic carbocycles. The Hall–Kier alpha value is -1.35. The highest BCUT2D eigenvalue weighted by Crippen LogP contribution is 2.31. The summed E-state index contributed by atoms with van der Waals surface area (Å²) in [6.45, 7) is 3.76. The third kappa shape index (κ3) is 2.67. The lowest BCUT2D eigenvalue weighted by Gasteiger charge is -2.30. The van der Waals surface area contributed by atoms with E-state index in [0.717, 1.165) is 13.0 Å². The first-order chi connectivity index (χ1) is 8.22. The number of hydrogen-bond acceptors (Lipinski definition) is 3. The molecule has 1 fully saturated rings. The van der Waals surface area contributed by atoms with Gasteiger partial charge >= 0.3 is 5.97 Å². The summed E-state index contributed by atoms with van der Waals surface area (Å²) in [6, 6.07) is 8.42. The van der Waals surface area contributed by atoms with E-state index in [1.165, 1.54) is 18.2 Å². The van der Waals surface area contributed by atoms with Crippen molar-refractivity contribution in [3.8, 4) is 0 Å². The summed E-state index contributed by atoms with van der Waals surface area (Å²) in [6.07, 6.45) is 0.989. The Labute approximate surface area is 102 Å². The van der Waals surface area contributed by atoms with Crippen molar-refractivity contribution >= 4 is 5.97 Å². The monoisotopic (exact) mass is 233 g/mol. The van der Waals surface area contributed by atoms with Gasteiger partial charge in [-0.3, -0.25) is 4.79 Å². The highest BCUT2D eigenvalue weighted by Gasteiger charge is 2.32. The smallest absolute Gasteiger partial charge is 0.310 e. The average molecular weight is 233 g/mol. The Morgan fingerprint density at radius 3 is 3.00 bits per heavy atom. The number of esters is 1. The van der Waals surface area contributed by atoms with Gasteiger partial charge in [0.15, 0.2) is 0 Å². The highest BCUT2D eigenvalue weighted by atomic mass is 16.5. The van der Waals surface area contributed by atoms with Crippen molar-refractivity contribution < 1.29 is 9.53 Å². The maximum Gasteiger partial charge on any atom is 0.310 e. The second kappa shape index (κ2) is 5.32. The number of nitrogens with one attached hydrogen (secondary N) is 1. The number of ether oxygens (including phenoxy) is 1. The molecule has 1 aliphatic rings. The van der Waals surface area contributed by atoms with Crippen LogP contribution in [0.3, 0.4) is 0 Å². The first-order valence-electron chi connectivity index (χ1n) is 6.07. The van der Waals surface area contributed by atoms with Crippen LogP contribution in [0.2, 0.25) is 0 Å². The van der Waals surface area contributed by atoms with E-state index < -0.39 is 0 Å². The largest absolute Gasteiger partial charge is 0.469 e. The Kier molecular flexibility index (Phi) is 3.79. The van der Waals surface area contributed by atoms with Crippen LogP contribution in [-0.4, -0.2) is 26.2 Å². The zero-order valence-electron chi connectivity index (χ0n) is 10.4. The standard InChI is InChI=1S/C14H19NO2/c1-10-4-3-5-11(8-10)12-6-7-15-9-13(12)14(16)17-2/h3-5,8,12-13,15H,6-7,9H2,1-2H3/t12-,13+/m1/s1. The van der Waals surface area contributed by atoms with Gasteiger partial charge in [-0.2, -0.15) is 0 Å². The van der Waals surface area contributed by atoms with Gasteiger partial charge in [-0.15, -0.1) is 0 Å². The molecule has 0 radical (unpaired) electrons. The summed E-state index contributed by atoms with van der Waals surface area (Å²) in [4.78, 5) is 11.8. The fourth-order valence-electron chi connectivity index (χ4n) is 2.56. The molecular weight excluding hydrogens is 214 g/mol. The van der Waals surface area contributed by atoms with Crippen LogP contribution in [-0.2, 0) is 9.53 Å². The minimum Gasteiger partial charge on any atom is -0.469 e. The van der Waals surface area contributed by atoms with E-state index in [2.05, 4.69) is 36.5 Å². The lowest BCUT2D eigenvalue weighted by atomic mass is 9.81. The number of benzene rings is 1. The number of rotatable bonds is 2. The van der Waals surface area contributed by atoms with E-state index in [9.17, 15) is 4.79 Å². The fourth-order valence-corrected chi connectivity index (χ4v) is 2.56. The van der Waals surface area contributed by atoms with Crippen LogP contribution in [0.4, 0.5) is 0 Å². The van der Waals surface area contributed by atoms with Crippen molar-refractivity contribution in [1.82, 2.24) is 5.32 Å². The van der Waals surface area contributed by atoms with Crippen molar-refractivity contribution in [3.05, 3.63) is 35.4 Å². The molecule has 2 atom stereocenters. The normalized spacial score (nSPS) is 24.4. The molecule has 17 heavy (non-hydrogen) atoms. The van der Waals surface area contributed by atoms with Crippen molar-refractivity contribution in [3.63, 3.8) is 0 Å². The molecule has 1 aromatic rings. The number of hydrogen-bond donors (Lipinski definition) is 1. The van der Waals surface area contributed by atoms with E-state index in [4.69, 9.17) is 4.74 Å². The zero-order chi connectivity index (χ0) is 12.3. The zero-order valence-corrected chi connectivity index (χ0v) is 10.4. The number of piperidine rings is 1. The van der Waals surface area contributed by atoms with Crippen molar-refractivity contribution in [2.75, 3.05) is 20.2 Å². The Morgan fingerprint density at radius 1 is 1.47 bits per heavy atom. The lowest BCUT2D eigenvalue weighted by molar-refractivity contribution is -0.146. The molecule has 1 heterocycles. The second-order valence-corrected chi connectivity index (χ2v) is 4.64. The number of aryl methyl sites for hydroxylation is 1. The molecule has 0 amide bonds. The fraction of sp³-hybridized carbons (Fsp3) is 0.500. The molecule has 3 heteroatoms. The van der Waals surface area contributed by atoms with Crippen molar-refractivity contribution in [1.29, 1.82) is 0 Å². The topological polar surface area (TPSA) is 38.3 Å². The quantitative estimate of drug-likeness (QED) is 0.792. The number of carbonyl (C=O) groups is 1. The predicted octanol–water partition coefficient (Wildman–Crippen LogP) is 1.86. The van der Waals surface area contributed by atoms with Gasteiger partial charge in [-0.25, -0.2) is 0 Å². The van der Waals surface area contributed by atoms with Gasteiger partial charge in [0.05, 0.1) is 13.0 Å². The minimum absolute atomic E-state index is 0.0597. The lowest BCUT2D eigenvalue weighted by Crippen LogP contribution is -2.40. The SMILES string of the molecule is COC(=O)[C@H]1CNCC[C@@H]1c1cccc(C)c1. The van der Waals surface area contributed by atoms with E-state index in [1.54, 1.807) is 0 Å². The first kappa shape index (κ1) is 12.1. The second-order valence-electron chi connectivity index (χ2n) is 4.64. The predicted molar refractivity (Wildman–Crippen MR) is 66.9 cm³/mol. The summed E-state index contributed by atoms with van der Waals surface area (Å²) in [5, 5.41) is 3.26. The molecule has 0 saturated carbocycles. The molecular formula is C14H19NO2. The molecule has 0 spiro atoms. The van der Waals surface area contributed by atoms with Crippen LogP contribution in [0.15, 0.2) is 24.3 Å². The highest BCUT2D eigenvalue weighted by molar-refractivity contribution is 5.74. The van der Waals surface area contributed by atoms with E-state index >= 15 is 0 Å². The van der Waals surface area contributed by atoms with E-state index in [0.29, 0.717) is 6.54 Å². The third-order valence-electron chi connectivity index (χ3n) is 3.46. The van der Waals surface area contributed by atoms with Gasteiger partial charge in [0.25, 0.3) is 0 Å². The summed E-state index contributed by atoms with van der Waals surface area (Å²) in [5.41, 5.74) is 2.49. The maximum absolute atomic E-state index is 11.8. The molecule has 2 rings (SSSR count). The molecule has 0 bridgehead atoms. The number of carbonyl (C=O) groups excluding carboxylic acids is 1. The average Bonchev–Trinajstić information content (AvgIpc) is 2.38. The van der Waals surface area contributed by atoms with Gasteiger partial charge < -0.3 is 10.1 Å². The molecule has 3 nitrogen and oxygen atoms in total. The van der Waals surface area contributed by atoms with Crippen LogP contribution >= 0.6 is 0 Å². The summed E-state index contributed by atoms with van der Waals surface area (Å²) in [5.74, 6) is 0.114. The molecule has 1 aliphatic heterocycles. The van der Waals surface area contributed by atoms with Crippen LogP contribution < -0.4 is 5.32 Å². The van der Waals surface area contributed by atoms with Gasteiger partial charge in [0.2, 0.25) is 0 Å². The number of methoxy groups -OCH3 is 1. The minimum atomic E-state index is -0.108. The van der Waals surface area contributed by atoms with Gasteiger partial charge in [-0.05, 0) is 31.4 Å². The first-order valence-corrected chi connectivity index (χ1v) is 6.07. The molecule has 1 saturated heterocycles. The Morgan fingerprint density at radius 2 is 2.29 bits per heavy atom. The van der Waals surface area contributed by atoms with Crippen LogP contribution in [0.25, 0.3) is 0 Å². The van der Waals surface area contributed by atoms with Gasteiger partial charge in [-0.1, -0.05) is 29.8 Å². The Bertz CT molecular complexity index is 403. The maximum atomic E-state index is 11.8. The van der Waals surface area contributed by atoms with Crippen molar-refractivity contribution in [2.45, 2.75) is 19.3 Å². The van der Waals surface area contributed by atoms with Gasteiger partial charge in [0, 0.05) is 6.54 Å². The molecule has 92 valence electrons. The van der Waals surface area contributed by atoms with Crippen LogP contribution in [0.5, 0.6) is 0 Å². The third-order valence-corrected chi connectivity index (χ3v) is 3.46. The molecule has 0 aromatic heterocycles.